The molecule has 7 heteroatoms. The SMILES string of the molecule is Cc1ccc(C(=O)CCC(=O)N2CCCN(C(=O)c3ccc(Cl)c(Cl)c3)CC2)cc1. The predicted molar refractivity (Wildman–Crippen MR) is 118 cm³/mol. The first kappa shape index (κ1) is 22.3. The third-order valence-electron chi connectivity index (χ3n) is 5.24. The number of carbonyl (C=O) groups excluding carboxylic acids is 3. The molecule has 2 aromatic carbocycles. The second-order valence-corrected chi connectivity index (χ2v) is 8.26. The third-order valence-corrected chi connectivity index (χ3v) is 5.98. The lowest BCUT2D eigenvalue weighted by molar-refractivity contribution is -0.131. The van der Waals surface area contributed by atoms with E-state index < -0.39 is 0 Å². The van der Waals surface area contributed by atoms with Crippen LogP contribution in [0.1, 0.15) is 45.5 Å². The molecule has 0 N–H and O–H groups in total. The molecule has 1 heterocycles. The first-order valence-corrected chi connectivity index (χ1v) is 10.7. The van der Waals surface area contributed by atoms with Gasteiger partial charge < -0.3 is 9.80 Å². The van der Waals surface area contributed by atoms with Crippen LogP contribution in [-0.2, 0) is 4.79 Å². The van der Waals surface area contributed by atoms with Gasteiger partial charge in [0.15, 0.2) is 5.78 Å². The lowest BCUT2D eigenvalue weighted by Crippen LogP contribution is -2.37. The van der Waals surface area contributed by atoms with Gasteiger partial charge in [-0.1, -0.05) is 53.0 Å². The van der Waals surface area contributed by atoms with Crippen molar-refractivity contribution < 1.29 is 14.4 Å². The van der Waals surface area contributed by atoms with Crippen LogP contribution < -0.4 is 0 Å². The van der Waals surface area contributed by atoms with Gasteiger partial charge in [-0.25, -0.2) is 0 Å². The maximum atomic E-state index is 12.8. The van der Waals surface area contributed by atoms with Gasteiger partial charge in [0, 0.05) is 50.1 Å². The summed E-state index contributed by atoms with van der Waals surface area (Å²) >= 11 is 11.9. The number of ketones is 1. The summed E-state index contributed by atoms with van der Waals surface area (Å²) in [6.45, 7) is 3.99. The molecule has 2 amide bonds. The van der Waals surface area contributed by atoms with E-state index in [2.05, 4.69) is 0 Å². The second-order valence-electron chi connectivity index (χ2n) is 7.44. The number of amides is 2. The number of Topliss-reactive ketones (excluding diaryl/α,β-unsaturated/α-hetero) is 1. The highest BCUT2D eigenvalue weighted by Crippen LogP contribution is 2.23. The summed E-state index contributed by atoms with van der Waals surface area (Å²) in [5.41, 5.74) is 2.20. The van der Waals surface area contributed by atoms with Crippen LogP contribution in [0.15, 0.2) is 42.5 Å². The maximum Gasteiger partial charge on any atom is 0.253 e. The van der Waals surface area contributed by atoms with Crippen molar-refractivity contribution in [3.05, 3.63) is 69.2 Å². The molecule has 0 atom stereocenters. The van der Waals surface area contributed by atoms with Gasteiger partial charge in [0.2, 0.25) is 5.91 Å². The Bertz CT molecular complexity index is 944. The minimum Gasteiger partial charge on any atom is -0.341 e. The van der Waals surface area contributed by atoms with Gasteiger partial charge in [-0.3, -0.25) is 14.4 Å². The minimum atomic E-state index is -0.127. The molecule has 1 fully saturated rings. The van der Waals surface area contributed by atoms with Crippen molar-refractivity contribution >= 4 is 40.8 Å². The van der Waals surface area contributed by atoms with Crippen LogP contribution >= 0.6 is 23.2 Å². The lowest BCUT2D eigenvalue weighted by Gasteiger charge is -2.22. The Morgan fingerprint density at radius 2 is 1.43 bits per heavy atom. The highest BCUT2D eigenvalue weighted by molar-refractivity contribution is 6.42. The fraction of sp³-hybridized carbons (Fsp3) is 0.348. The van der Waals surface area contributed by atoms with Crippen molar-refractivity contribution in [2.45, 2.75) is 26.2 Å². The van der Waals surface area contributed by atoms with E-state index >= 15 is 0 Å². The molecule has 0 bridgehead atoms. The number of aryl methyl sites for hydroxylation is 1. The molecular formula is C23H24Cl2N2O3. The summed E-state index contributed by atoms with van der Waals surface area (Å²) in [5.74, 6) is -0.216. The minimum absolute atomic E-state index is 0.0328. The van der Waals surface area contributed by atoms with E-state index in [0.717, 1.165) is 5.56 Å². The van der Waals surface area contributed by atoms with Gasteiger partial charge in [0.05, 0.1) is 10.0 Å². The molecular weight excluding hydrogens is 423 g/mol. The monoisotopic (exact) mass is 446 g/mol. The van der Waals surface area contributed by atoms with Gasteiger partial charge >= 0.3 is 0 Å². The summed E-state index contributed by atoms with van der Waals surface area (Å²) < 4.78 is 0. The van der Waals surface area contributed by atoms with Gasteiger partial charge in [-0.2, -0.15) is 0 Å². The number of hydrogen-bond acceptors (Lipinski definition) is 3. The van der Waals surface area contributed by atoms with Crippen molar-refractivity contribution in [3.63, 3.8) is 0 Å². The Labute approximate surface area is 186 Å². The van der Waals surface area contributed by atoms with Crippen molar-refractivity contribution in [2.24, 2.45) is 0 Å². The van der Waals surface area contributed by atoms with Gasteiger partial charge in [0.25, 0.3) is 5.91 Å². The quantitative estimate of drug-likeness (QED) is 0.628. The van der Waals surface area contributed by atoms with Crippen LogP contribution in [-0.4, -0.2) is 53.6 Å². The molecule has 0 aromatic heterocycles. The normalized spacial score (nSPS) is 14.4. The molecule has 158 valence electrons. The molecule has 0 aliphatic carbocycles. The number of benzene rings is 2. The molecule has 0 saturated carbocycles. The van der Waals surface area contributed by atoms with E-state index in [4.69, 9.17) is 23.2 Å². The second kappa shape index (κ2) is 10.1. The summed E-state index contributed by atoms with van der Waals surface area (Å²) in [5, 5.41) is 0.744. The molecule has 5 nitrogen and oxygen atoms in total. The van der Waals surface area contributed by atoms with Gasteiger partial charge in [-0.15, -0.1) is 0 Å². The largest absolute Gasteiger partial charge is 0.341 e. The summed E-state index contributed by atoms with van der Waals surface area (Å²) in [6.07, 6.45) is 1.04. The maximum absolute atomic E-state index is 12.8. The first-order chi connectivity index (χ1) is 14.3. The Hall–Kier alpha value is -2.37. The van der Waals surface area contributed by atoms with E-state index in [1.807, 2.05) is 19.1 Å². The van der Waals surface area contributed by atoms with Crippen molar-refractivity contribution in [1.82, 2.24) is 9.80 Å². The molecule has 3 rings (SSSR count). The predicted octanol–water partition coefficient (Wildman–Crippen LogP) is 4.64. The topological polar surface area (TPSA) is 57.7 Å². The summed E-state index contributed by atoms with van der Waals surface area (Å²) in [6, 6.07) is 12.2. The Morgan fingerprint density at radius 1 is 0.800 bits per heavy atom. The van der Waals surface area contributed by atoms with E-state index in [1.165, 1.54) is 0 Å². The van der Waals surface area contributed by atoms with Crippen molar-refractivity contribution in [3.8, 4) is 0 Å². The zero-order valence-corrected chi connectivity index (χ0v) is 18.4. The zero-order valence-electron chi connectivity index (χ0n) is 16.9. The highest BCUT2D eigenvalue weighted by atomic mass is 35.5. The number of carbonyl (C=O) groups is 3. The number of halogens is 2. The number of rotatable bonds is 5. The van der Waals surface area contributed by atoms with Crippen LogP contribution in [0.4, 0.5) is 0 Å². The average molecular weight is 447 g/mol. The molecule has 0 spiro atoms. The summed E-state index contributed by atoms with van der Waals surface area (Å²) in [4.78, 5) is 41.2. The van der Waals surface area contributed by atoms with Crippen molar-refractivity contribution in [1.29, 1.82) is 0 Å². The third kappa shape index (κ3) is 5.61. The number of hydrogen-bond donors (Lipinski definition) is 0. The van der Waals surface area contributed by atoms with Gasteiger partial charge in [0.1, 0.15) is 0 Å². The van der Waals surface area contributed by atoms with Crippen LogP contribution in [0.25, 0.3) is 0 Å². The van der Waals surface area contributed by atoms with Gasteiger partial charge in [-0.05, 0) is 31.5 Å². The fourth-order valence-electron chi connectivity index (χ4n) is 3.44. The van der Waals surface area contributed by atoms with E-state index in [-0.39, 0.29) is 30.4 Å². The first-order valence-electron chi connectivity index (χ1n) is 9.97. The molecule has 1 aliphatic heterocycles. The Morgan fingerprint density at radius 3 is 2.13 bits per heavy atom. The molecule has 1 saturated heterocycles. The lowest BCUT2D eigenvalue weighted by atomic mass is 10.0. The van der Waals surface area contributed by atoms with E-state index in [1.54, 1.807) is 40.1 Å². The molecule has 0 radical (unpaired) electrons. The Kier molecular flexibility index (Phi) is 7.51. The van der Waals surface area contributed by atoms with Crippen LogP contribution in [0.3, 0.4) is 0 Å². The van der Waals surface area contributed by atoms with Crippen molar-refractivity contribution in [2.75, 3.05) is 26.2 Å². The van der Waals surface area contributed by atoms with E-state index in [0.29, 0.717) is 53.8 Å². The fourth-order valence-corrected chi connectivity index (χ4v) is 3.74. The van der Waals surface area contributed by atoms with Crippen LogP contribution in [0, 0.1) is 6.92 Å². The number of nitrogens with zero attached hydrogens (tertiary/aromatic N) is 2. The van der Waals surface area contributed by atoms with Crippen LogP contribution in [0.5, 0.6) is 0 Å². The zero-order chi connectivity index (χ0) is 21.7. The molecule has 2 aromatic rings. The molecule has 1 aliphatic rings. The standard InChI is InChI=1S/C23H24Cl2N2O3/c1-16-3-5-17(6-4-16)21(28)9-10-22(29)26-11-2-12-27(14-13-26)23(30)18-7-8-19(24)20(25)15-18/h3-8,15H,2,9-14H2,1H3. The highest BCUT2D eigenvalue weighted by Gasteiger charge is 2.23. The van der Waals surface area contributed by atoms with Crippen LogP contribution in [0.2, 0.25) is 10.0 Å². The van der Waals surface area contributed by atoms with E-state index in [9.17, 15) is 14.4 Å². The summed E-state index contributed by atoms with van der Waals surface area (Å²) in [7, 11) is 0. The average Bonchev–Trinajstić information content (AvgIpc) is 3.00. The molecule has 0 unspecified atom stereocenters. The smallest absolute Gasteiger partial charge is 0.253 e. The molecule has 30 heavy (non-hydrogen) atoms. The Balaban J connectivity index is 1.53.